The molecule has 0 atom stereocenters. The molecule has 0 saturated heterocycles. The lowest BCUT2D eigenvalue weighted by molar-refractivity contribution is 0.452. The van der Waals surface area contributed by atoms with Crippen LogP contribution >= 0.6 is 0 Å². The molecule has 2 heterocycles. The second kappa shape index (κ2) is 6.10. The van der Waals surface area contributed by atoms with Crippen LogP contribution in [0.2, 0.25) is 0 Å². The van der Waals surface area contributed by atoms with Crippen molar-refractivity contribution in [2.24, 2.45) is 5.84 Å². The summed E-state index contributed by atoms with van der Waals surface area (Å²) in [5.74, 6) is 7.77. The molecule has 2 rings (SSSR count). The number of hydrogen-bond acceptors (Lipinski definition) is 6. The monoisotopic (exact) mass is 259 g/mol. The molecule has 6 heteroatoms. The highest BCUT2D eigenvalue weighted by molar-refractivity contribution is 5.39. The van der Waals surface area contributed by atoms with E-state index in [0.29, 0.717) is 23.3 Å². The summed E-state index contributed by atoms with van der Waals surface area (Å²) in [6.45, 7) is 3.95. The van der Waals surface area contributed by atoms with E-state index in [9.17, 15) is 0 Å². The molecule has 0 spiro atoms. The first-order valence-corrected chi connectivity index (χ1v) is 6.17. The molecule has 0 aliphatic heterocycles. The molecule has 0 aliphatic carbocycles. The first kappa shape index (κ1) is 13.2. The second-order valence-corrected chi connectivity index (χ2v) is 4.09. The van der Waals surface area contributed by atoms with E-state index in [-0.39, 0.29) is 0 Å². The Bertz CT molecular complexity index is 558. The fourth-order valence-electron chi connectivity index (χ4n) is 1.62. The molecule has 2 aromatic heterocycles. The Hall–Kier alpha value is -2.21. The summed E-state index contributed by atoms with van der Waals surface area (Å²) in [5.41, 5.74) is 3.33. The Morgan fingerprint density at radius 2 is 2.21 bits per heavy atom. The van der Waals surface area contributed by atoms with E-state index < -0.39 is 0 Å². The summed E-state index contributed by atoms with van der Waals surface area (Å²) in [7, 11) is 0. The highest BCUT2D eigenvalue weighted by Crippen LogP contribution is 2.23. The summed E-state index contributed by atoms with van der Waals surface area (Å²) in [6, 6.07) is 5.32. The van der Waals surface area contributed by atoms with Gasteiger partial charge in [-0.2, -0.15) is 4.98 Å². The van der Waals surface area contributed by atoms with Gasteiger partial charge < -0.3 is 10.2 Å². The molecule has 2 aromatic rings. The fraction of sp³-hybridized carbons (Fsp3) is 0.308. The number of hydrogen-bond donors (Lipinski definition) is 2. The molecule has 0 saturated carbocycles. The molecular weight excluding hydrogens is 242 g/mol. The van der Waals surface area contributed by atoms with Crippen molar-refractivity contribution in [3.8, 4) is 11.6 Å². The van der Waals surface area contributed by atoms with Gasteiger partial charge in [-0.05, 0) is 25.5 Å². The number of aryl methyl sites for hydroxylation is 2. The number of ether oxygens (including phenoxy) is 1. The summed E-state index contributed by atoms with van der Waals surface area (Å²) in [5, 5.41) is 0. The van der Waals surface area contributed by atoms with Crippen LogP contribution in [0.5, 0.6) is 11.6 Å². The minimum atomic E-state index is 0.461. The van der Waals surface area contributed by atoms with Crippen LogP contribution < -0.4 is 16.0 Å². The van der Waals surface area contributed by atoms with E-state index in [1.165, 1.54) is 0 Å². The molecule has 0 amide bonds. The largest absolute Gasteiger partial charge is 0.437 e. The summed E-state index contributed by atoms with van der Waals surface area (Å²) in [6.07, 6.45) is 3.45. The van der Waals surface area contributed by atoms with Crippen LogP contribution in [0.3, 0.4) is 0 Å². The first-order chi connectivity index (χ1) is 9.22. The van der Waals surface area contributed by atoms with Gasteiger partial charge in [-0.15, -0.1) is 0 Å². The van der Waals surface area contributed by atoms with E-state index >= 15 is 0 Å². The average Bonchev–Trinajstić information content (AvgIpc) is 2.41. The zero-order valence-corrected chi connectivity index (χ0v) is 11.1. The minimum Gasteiger partial charge on any atom is -0.437 e. The van der Waals surface area contributed by atoms with E-state index in [2.05, 4.69) is 27.3 Å². The van der Waals surface area contributed by atoms with Crippen LogP contribution in [0.25, 0.3) is 0 Å². The van der Waals surface area contributed by atoms with Gasteiger partial charge in [0.25, 0.3) is 0 Å². The number of anilines is 1. The normalized spacial score (nSPS) is 10.3. The number of nitrogens with one attached hydrogen (secondary N) is 1. The molecule has 0 radical (unpaired) electrons. The van der Waals surface area contributed by atoms with Crippen LogP contribution in [0.4, 0.5) is 5.82 Å². The number of hydrazine groups is 1. The Kier molecular flexibility index (Phi) is 4.25. The SMILES string of the molecule is CCCc1nc(NN)cc(Oc2cccnc2C)n1. The maximum atomic E-state index is 5.73. The van der Waals surface area contributed by atoms with Crippen molar-refractivity contribution in [1.29, 1.82) is 0 Å². The molecule has 0 bridgehead atoms. The average molecular weight is 259 g/mol. The van der Waals surface area contributed by atoms with Crippen LogP contribution in [0.15, 0.2) is 24.4 Å². The Morgan fingerprint density at radius 3 is 2.89 bits per heavy atom. The lowest BCUT2D eigenvalue weighted by Gasteiger charge is -2.09. The predicted molar refractivity (Wildman–Crippen MR) is 72.9 cm³/mol. The second-order valence-electron chi connectivity index (χ2n) is 4.09. The van der Waals surface area contributed by atoms with Gasteiger partial charge in [0.05, 0.1) is 5.69 Å². The standard InChI is InChI=1S/C13H17N5O/c1-3-5-11-16-12(18-14)8-13(17-11)19-10-6-4-7-15-9(10)2/h4,6-8H,3,5,14H2,1-2H3,(H,16,17,18). The van der Waals surface area contributed by atoms with Crippen molar-refractivity contribution < 1.29 is 4.74 Å². The zero-order chi connectivity index (χ0) is 13.7. The number of nitrogen functional groups attached to an aromatic ring is 1. The van der Waals surface area contributed by atoms with Gasteiger partial charge in [-0.1, -0.05) is 6.92 Å². The highest BCUT2D eigenvalue weighted by Gasteiger charge is 2.07. The Balaban J connectivity index is 2.29. The van der Waals surface area contributed by atoms with E-state index in [1.807, 2.05) is 19.1 Å². The third-order valence-electron chi connectivity index (χ3n) is 2.54. The summed E-state index contributed by atoms with van der Waals surface area (Å²) in [4.78, 5) is 12.8. The third-order valence-corrected chi connectivity index (χ3v) is 2.54. The van der Waals surface area contributed by atoms with Crippen molar-refractivity contribution >= 4 is 5.82 Å². The summed E-state index contributed by atoms with van der Waals surface area (Å²) >= 11 is 0. The number of nitrogens with two attached hydrogens (primary N) is 1. The first-order valence-electron chi connectivity index (χ1n) is 6.17. The van der Waals surface area contributed by atoms with Gasteiger partial charge in [0.15, 0.2) is 5.75 Å². The minimum absolute atomic E-state index is 0.461. The topological polar surface area (TPSA) is 86.0 Å². The van der Waals surface area contributed by atoms with Crippen LogP contribution in [-0.2, 0) is 6.42 Å². The zero-order valence-electron chi connectivity index (χ0n) is 11.1. The van der Waals surface area contributed by atoms with Gasteiger partial charge in [0, 0.05) is 18.7 Å². The number of aromatic nitrogens is 3. The molecule has 19 heavy (non-hydrogen) atoms. The van der Waals surface area contributed by atoms with Crippen molar-refractivity contribution in [2.75, 3.05) is 5.43 Å². The Morgan fingerprint density at radius 1 is 1.37 bits per heavy atom. The van der Waals surface area contributed by atoms with Gasteiger partial charge in [-0.3, -0.25) is 4.98 Å². The number of pyridine rings is 1. The fourth-order valence-corrected chi connectivity index (χ4v) is 1.62. The highest BCUT2D eigenvalue weighted by atomic mass is 16.5. The molecule has 0 fully saturated rings. The third kappa shape index (κ3) is 3.38. The van der Waals surface area contributed by atoms with Crippen molar-refractivity contribution in [1.82, 2.24) is 15.0 Å². The van der Waals surface area contributed by atoms with Crippen molar-refractivity contribution in [3.05, 3.63) is 35.9 Å². The molecule has 0 aliphatic rings. The van der Waals surface area contributed by atoms with Gasteiger partial charge >= 0.3 is 0 Å². The molecule has 3 N–H and O–H groups in total. The smallest absolute Gasteiger partial charge is 0.224 e. The molecule has 0 aromatic carbocycles. The maximum absolute atomic E-state index is 5.73. The van der Waals surface area contributed by atoms with Gasteiger partial charge in [0.1, 0.15) is 11.6 Å². The van der Waals surface area contributed by atoms with Crippen LogP contribution in [0, 0.1) is 6.92 Å². The summed E-state index contributed by atoms with van der Waals surface area (Å²) < 4.78 is 5.73. The predicted octanol–water partition coefficient (Wildman–Crippen LogP) is 2.21. The van der Waals surface area contributed by atoms with Crippen LogP contribution in [-0.4, -0.2) is 15.0 Å². The molecule has 6 nitrogen and oxygen atoms in total. The van der Waals surface area contributed by atoms with Crippen molar-refractivity contribution in [3.63, 3.8) is 0 Å². The number of nitrogens with zero attached hydrogens (tertiary/aromatic N) is 3. The molecule has 0 unspecified atom stereocenters. The van der Waals surface area contributed by atoms with Gasteiger partial charge in [-0.25, -0.2) is 10.8 Å². The molecular formula is C13H17N5O. The number of rotatable bonds is 5. The Labute approximate surface area is 112 Å². The lowest BCUT2D eigenvalue weighted by Crippen LogP contribution is -2.11. The van der Waals surface area contributed by atoms with E-state index in [4.69, 9.17) is 10.6 Å². The van der Waals surface area contributed by atoms with Crippen LogP contribution in [0.1, 0.15) is 24.9 Å². The lowest BCUT2D eigenvalue weighted by atomic mass is 10.3. The quantitative estimate of drug-likeness (QED) is 0.632. The van der Waals surface area contributed by atoms with E-state index in [1.54, 1.807) is 12.3 Å². The maximum Gasteiger partial charge on any atom is 0.224 e. The van der Waals surface area contributed by atoms with Crippen molar-refractivity contribution in [2.45, 2.75) is 26.7 Å². The molecule has 100 valence electrons. The van der Waals surface area contributed by atoms with Gasteiger partial charge in [0.2, 0.25) is 5.88 Å². The van der Waals surface area contributed by atoms with E-state index in [0.717, 1.165) is 18.5 Å².